The van der Waals surface area contributed by atoms with Crippen LogP contribution >= 0.6 is 0 Å². The van der Waals surface area contributed by atoms with Gasteiger partial charge in [-0.1, -0.05) is 72.3 Å². The highest BCUT2D eigenvalue weighted by Crippen LogP contribution is 2.38. The summed E-state index contributed by atoms with van der Waals surface area (Å²) in [6.45, 7) is 6.34. The first-order valence-corrected chi connectivity index (χ1v) is 17.5. The van der Waals surface area contributed by atoms with E-state index < -0.39 is 0 Å². The van der Waals surface area contributed by atoms with Crippen molar-refractivity contribution in [3.05, 3.63) is 156 Å². The number of imidazole rings is 1. The number of hydrogen-bond donors (Lipinski definition) is 0. The number of aromatic nitrogens is 3. The van der Waals surface area contributed by atoms with E-state index in [2.05, 4.69) is 97.1 Å². The van der Waals surface area contributed by atoms with Crippen LogP contribution in [0.15, 0.2) is 140 Å². The van der Waals surface area contributed by atoms with Crippen LogP contribution in [0.4, 0.5) is 0 Å². The fourth-order valence-electron chi connectivity index (χ4n) is 7.98. The van der Waals surface area contributed by atoms with Crippen molar-refractivity contribution < 1.29 is 14.2 Å². The highest BCUT2D eigenvalue weighted by atomic mass is 16.5. The van der Waals surface area contributed by atoms with Crippen LogP contribution < -0.4 is 30.6 Å². The molecule has 0 spiro atoms. The van der Waals surface area contributed by atoms with E-state index in [1.165, 1.54) is 16.7 Å². The van der Waals surface area contributed by atoms with Gasteiger partial charge in [-0.2, -0.15) is 0 Å². The Hall–Kier alpha value is -6.60. The van der Waals surface area contributed by atoms with Gasteiger partial charge in [-0.05, 0) is 115 Å². The van der Waals surface area contributed by atoms with Crippen LogP contribution in [0.3, 0.4) is 0 Å². The minimum Gasteiger partial charge on any atom is -0.458 e. The number of para-hydroxylation sites is 2. The molecule has 52 heavy (non-hydrogen) atoms. The van der Waals surface area contributed by atoms with Crippen molar-refractivity contribution in [3.8, 4) is 62.8 Å². The monoisotopic (exact) mass is 673 g/mol. The Bertz CT molecular complexity index is 2680. The average molecular weight is 674 g/mol. The summed E-state index contributed by atoms with van der Waals surface area (Å²) in [5.74, 6) is 5.24. The van der Waals surface area contributed by atoms with E-state index in [-0.39, 0.29) is 6.71 Å². The standard InChI is InChI=1S/C45H32BN3O3/c1-27-22-28(2)44(29(3)23-27)49-37-13-8-7-12-36(37)48-45(49)32-16-18-38-34(24-32)46-35-26-33(17-19-39(35)52-41-15-9-14-40(51-38)43(41)46)50-42-25-31(20-21-47-42)30-10-5-4-6-11-30/h4-26H,1-3H3. The summed E-state index contributed by atoms with van der Waals surface area (Å²) in [6, 6.07) is 45.5. The maximum atomic E-state index is 6.59. The molecule has 6 aromatic carbocycles. The number of nitrogens with zero attached hydrogens (tertiary/aromatic N) is 3. The molecule has 6 nitrogen and oxygen atoms in total. The van der Waals surface area contributed by atoms with Gasteiger partial charge in [0, 0.05) is 23.3 Å². The number of fused-ring (bicyclic) bond motifs is 5. The van der Waals surface area contributed by atoms with E-state index in [1.54, 1.807) is 6.20 Å². The molecule has 8 aromatic rings. The molecular formula is C45H32BN3O3. The van der Waals surface area contributed by atoms with Gasteiger partial charge in [-0.3, -0.25) is 4.57 Å². The molecule has 7 heteroatoms. The highest BCUT2D eigenvalue weighted by molar-refractivity contribution is 6.98. The van der Waals surface area contributed by atoms with Crippen LogP contribution in [0.2, 0.25) is 0 Å². The minimum atomic E-state index is -0.161. The molecule has 0 bridgehead atoms. The summed E-state index contributed by atoms with van der Waals surface area (Å²) < 4.78 is 21.9. The molecule has 0 atom stereocenters. The number of hydrogen-bond acceptors (Lipinski definition) is 5. The van der Waals surface area contributed by atoms with Gasteiger partial charge in [0.2, 0.25) is 5.88 Å². The Labute approximate surface area is 302 Å². The van der Waals surface area contributed by atoms with Gasteiger partial charge in [-0.15, -0.1) is 0 Å². The van der Waals surface area contributed by atoms with Crippen molar-refractivity contribution in [2.45, 2.75) is 20.8 Å². The van der Waals surface area contributed by atoms with E-state index in [0.29, 0.717) is 11.6 Å². The van der Waals surface area contributed by atoms with Gasteiger partial charge < -0.3 is 14.2 Å². The van der Waals surface area contributed by atoms with Crippen molar-refractivity contribution in [1.82, 2.24) is 14.5 Å². The molecule has 248 valence electrons. The second kappa shape index (κ2) is 11.7. The van der Waals surface area contributed by atoms with E-state index >= 15 is 0 Å². The maximum absolute atomic E-state index is 6.59. The fraction of sp³-hybridized carbons (Fsp3) is 0.0667. The van der Waals surface area contributed by atoms with Crippen molar-refractivity contribution in [2.75, 3.05) is 0 Å². The van der Waals surface area contributed by atoms with Crippen molar-refractivity contribution >= 4 is 34.1 Å². The van der Waals surface area contributed by atoms with Crippen molar-refractivity contribution in [3.63, 3.8) is 0 Å². The van der Waals surface area contributed by atoms with E-state index in [4.69, 9.17) is 19.2 Å². The molecule has 10 rings (SSSR count). The number of ether oxygens (including phenoxy) is 3. The number of rotatable bonds is 5. The first-order chi connectivity index (χ1) is 25.5. The molecule has 0 saturated heterocycles. The lowest BCUT2D eigenvalue weighted by molar-refractivity contribution is 0.454. The first kappa shape index (κ1) is 30.2. The zero-order chi connectivity index (χ0) is 34.9. The number of benzene rings is 6. The Morgan fingerprint density at radius 2 is 1.31 bits per heavy atom. The summed E-state index contributed by atoms with van der Waals surface area (Å²) in [4.78, 5) is 9.78. The van der Waals surface area contributed by atoms with Crippen LogP contribution in [0.25, 0.3) is 39.2 Å². The zero-order valence-electron chi connectivity index (χ0n) is 28.9. The third kappa shape index (κ3) is 4.88. The van der Waals surface area contributed by atoms with Crippen LogP contribution in [-0.2, 0) is 0 Å². The maximum Gasteiger partial charge on any atom is 0.260 e. The zero-order valence-corrected chi connectivity index (χ0v) is 28.9. The lowest BCUT2D eigenvalue weighted by Crippen LogP contribution is -2.57. The molecule has 4 heterocycles. The first-order valence-electron chi connectivity index (χ1n) is 17.5. The van der Waals surface area contributed by atoms with Gasteiger partial charge in [0.1, 0.15) is 34.6 Å². The molecule has 0 N–H and O–H groups in total. The summed E-state index contributed by atoms with van der Waals surface area (Å²) >= 11 is 0. The van der Waals surface area contributed by atoms with E-state index in [1.807, 2.05) is 66.7 Å². The van der Waals surface area contributed by atoms with Crippen LogP contribution in [-0.4, -0.2) is 21.2 Å². The molecule has 0 fully saturated rings. The molecule has 0 unspecified atom stereocenters. The predicted octanol–water partition coefficient (Wildman–Crippen LogP) is 9.20. The van der Waals surface area contributed by atoms with Crippen LogP contribution in [0.5, 0.6) is 34.6 Å². The second-order valence-electron chi connectivity index (χ2n) is 13.6. The minimum absolute atomic E-state index is 0.161. The summed E-state index contributed by atoms with van der Waals surface area (Å²) in [5, 5.41) is 0. The molecule has 2 aliphatic heterocycles. The van der Waals surface area contributed by atoms with Crippen LogP contribution in [0, 0.1) is 20.8 Å². The van der Waals surface area contributed by atoms with Gasteiger partial charge in [-0.25, -0.2) is 9.97 Å². The third-order valence-electron chi connectivity index (χ3n) is 10.1. The molecule has 0 saturated carbocycles. The lowest BCUT2D eigenvalue weighted by atomic mass is 9.34. The highest BCUT2D eigenvalue weighted by Gasteiger charge is 2.40. The van der Waals surface area contributed by atoms with Gasteiger partial charge in [0.25, 0.3) is 6.71 Å². The normalized spacial score (nSPS) is 12.4. The summed E-state index contributed by atoms with van der Waals surface area (Å²) in [6.07, 6.45) is 1.78. The summed E-state index contributed by atoms with van der Waals surface area (Å²) in [5.41, 5.74) is 13.0. The van der Waals surface area contributed by atoms with Gasteiger partial charge >= 0.3 is 0 Å². The fourth-order valence-corrected chi connectivity index (χ4v) is 7.98. The average Bonchev–Trinajstić information content (AvgIpc) is 3.54. The summed E-state index contributed by atoms with van der Waals surface area (Å²) in [7, 11) is 0. The molecule has 0 radical (unpaired) electrons. The number of aryl methyl sites for hydroxylation is 3. The quantitative estimate of drug-likeness (QED) is 0.171. The molecule has 0 aliphatic carbocycles. The van der Waals surface area contributed by atoms with Crippen molar-refractivity contribution in [1.29, 1.82) is 0 Å². The van der Waals surface area contributed by atoms with Crippen LogP contribution in [0.1, 0.15) is 16.7 Å². The second-order valence-corrected chi connectivity index (χ2v) is 13.6. The largest absolute Gasteiger partial charge is 0.458 e. The molecular weight excluding hydrogens is 641 g/mol. The Kier molecular flexibility index (Phi) is 6.83. The van der Waals surface area contributed by atoms with E-state index in [9.17, 15) is 0 Å². The Morgan fingerprint density at radius 3 is 2.10 bits per heavy atom. The van der Waals surface area contributed by atoms with Crippen molar-refractivity contribution in [2.24, 2.45) is 0 Å². The molecule has 2 aromatic heterocycles. The molecule has 2 aliphatic rings. The number of pyridine rings is 1. The Morgan fingerprint density at radius 1 is 0.596 bits per heavy atom. The third-order valence-corrected chi connectivity index (χ3v) is 10.1. The topological polar surface area (TPSA) is 58.4 Å². The van der Waals surface area contributed by atoms with Gasteiger partial charge in [0.15, 0.2) is 0 Å². The van der Waals surface area contributed by atoms with Gasteiger partial charge in [0.05, 0.1) is 16.7 Å². The smallest absolute Gasteiger partial charge is 0.260 e. The lowest BCUT2D eigenvalue weighted by Gasteiger charge is -2.33. The molecule has 0 amide bonds. The Balaban J connectivity index is 1.11. The SMILES string of the molecule is Cc1cc(C)c(-n2c(-c3ccc4c(c3)B3c5cc(Oc6cc(-c7ccccc7)ccn6)ccc5Oc5cccc(c53)O4)nc3ccccc32)c(C)c1. The van der Waals surface area contributed by atoms with E-state index in [0.717, 1.165) is 78.6 Å². The predicted molar refractivity (Wildman–Crippen MR) is 208 cm³/mol.